The van der Waals surface area contributed by atoms with Gasteiger partial charge < -0.3 is 19.9 Å². The minimum Gasteiger partial charge on any atom is -0.494 e. The van der Waals surface area contributed by atoms with E-state index in [1.165, 1.54) is 0 Å². The summed E-state index contributed by atoms with van der Waals surface area (Å²) in [4.78, 5) is 33.5. The minimum atomic E-state index is -0.239. The van der Waals surface area contributed by atoms with Gasteiger partial charge in [0.05, 0.1) is 13.7 Å². The number of nitrogens with one attached hydrogen (secondary N) is 1. The molecule has 2 amide bonds. The van der Waals surface area contributed by atoms with Crippen LogP contribution in [0.2, 0.25) is 0 Å². The normalized spacial score (nSPS) is 13.9. The van der Waals surface area contributed by atoms with E-state index in [9.17, 15) is 9.59 Å². The van der Waals surface area contributed by atoms with E-state index in [0.29, 0.717) is 31.7 Å². The van der Waals surface area contributed by atoms with Crippen molar-refractivity contribution in [2.24, 2.45) is 0 Å². The molecule has 1 N–H and O–H groups in total. The Morgan fingerprint density at radius 1 is 1.03 bits per heavy atom. The van der Waals surface area contributed by atoms with E-state index in [-0.39, 0.29) is 18.4 Å². The monoisotopic (exact) mass is 418 g/mol. The maximum atomic E-state index is 12.6. The van der Waals surface area contributed by atoms with Crippen molar-refractivity contribution in [2.75, 3.05) is 44.7 Å². The number of ether oxygens (including phenoxy) is 1. The van der Waals surface area contributed by atoms with Crippen LogP contribution >= 0.6 is 0 Å². The molecule has 3 aromatic rings. The molecule has 1 aliphatic heterocycles. The second-order valence-corrected chi connectivity index (χ2v) is 7.57. The Morgan fingerprint density at radius 3 is 2.48 bits per heavy atom. The molecule has 0 spiro atoms. The number of hydrogen-bond donors (Lipinski definition) is 1. The number of para-hydroxylation sites is 1. The van der Waals surface area contributed by atoms with Crippen LogP contribution in [0.4, 0.5) is 5.82 Å². The number of piperazine rings is 1. The molecule has 0 bridgehead atoms. The fourth-order valence-corrected chi connectivity index (χ4v) is 3.85. The standard InChI is InChI=1S/C24H26N4O3/c1-17-15-21(26-23-19(17)9-6-10-20(23)31-2)27-11-13-28(14-12-27)22(29)16-25-24(30)18-7-4-3-5-8-18/h3-10,15H,11-14,16H2,1-2H3,(H,25,30). The van der Waals surface area contributed by atoms with Gasteiger partial charge in [-0.3, -0.25) is 9.59 Å². The summed E-state index contributed by atoms with van der Waals surface area (Å²) in [5, 5.41) is 3.78. The average Bonchev–Trinajstić information content (AvgIpc) is 2.82. The van der Waals surface area contributed by atoms with E-state index < -0.39 is 0 Å². The SMILES string of the molecule is COc1cccc2c(C)cc(N3CCN(C(=O)CNC(=O)c4ccccc4)CC3)nc12. The molecule has 0 atom stereocenters. The van der Waals surface area contributed by atoms with Gasteiger partial charge in [0.15, 0.2) is 0 Å². The first-order chi connectivity index (χ1) is 15.1. The lowest BCUT2D eigenvalue weighted by Gasteiger charge is -2.35. The highest BCUT2D eigenvalue weighted by Gasteiger charge is 2.23. The third-order valence-corrected chi connectivity index (χ3v) is 5.61. The Kier molecular flexibility index (Phi) is 6.02. The van der Waals surface area contributed by atoms with Crippen molar-refractivity contribution in [3.8, 4) is 5.75 Å². The van der Waals surface area contributed by atoms with Crippen LogP contribution in [0, 0.1) is 6.92 Å². The number of aryl methyl sites for hydroxylation is 1. The van der Waals surface area contributed by atoms with E-state index in [2.05, 4.69) is 23.2 Å². The lowest BCUT2D eigenvalue weighted by molar-refractivity contribution is -0.130. The molecule has 7 nitrogen and oxygen atoms in total. The van der Waals surface area contributed by atoms with Gasteiger partial charge in [0.25, 0.3) is 5.91 Å². The zero-order valence-electron chi connectivity index (χ0n) is 17.8. The summed E-state index contributed by atoms with van der Waals surface area (Å²) in [6.07, 6.45) is 0. The van der Waals surface area contributed by atoms with Gasteiger partial charge >= 0.3 is 0 Å². The first-order valence-electron chi connectivity index (χ1n) is 10.4. The topological polar surface area (TPSA) is 74.8 Å². The summed E-state index contributed by atoms with van der Waals surface area (Å²) in [5.41, 5.74) is 2.54. The largest absolute Gasteiger partial charge is 0.494 e. The Bertz CT molecular complexity index is 1090. The van der Waals surface area contributed by atoms with Crippen LogP contribution in [0.3, 0.4) is 0 Å². The Balaban J connectivity index is 1.37. The predicted molar refractivity (Wildman–Crippen MR) is 121 cm³/mol. The van der Waals surface area contributed by atoms with Crippen molar-refractivity contribution in [1.82, 2.24) is 15.2 Å². The lowest BCUT2D eigenvalue weighted by Crippen LogP contribution is -2.51. The number of nitrogens with zero attached hydrogens (tertiary/aromatic N) is 3. The van der Waals surface area contributed by atoms with E-state index in [1.54, 1.807) is 36.3 Å². The van der Waals surface area contributed by atoms with E-state index in [0.717, 1.165) is 28.0 Å². The fraction of sp³-hybridized carbons (Fsp3) is 0.292. The maximum absolute atomic E-state index is 12.6. The first-order valence-corrected chi connectivity index (χ1v) is 10.4. The second kappa shape index (κ2) is 9.04. The van der Waals surface area contributed by atoms with E-state index in [1.807, 2.05) is 24.3 Å². The third kappa shape index (κ3) is 4.45. The van der Waals surface area contributed by atoms with Crippen LogP contribution in [-0.4, -0.2) is 61.5 Å². The second-order valence-electron chi connectivity index (χ2n) is 7.57. The highest BCUT2D eigenvalue weighted by molar-refractivity contribution is 5.96. The average molecular weight is 418 g/mol. The molecule has 0 saturated carbocycles. The Hall–Kier alpha value is -3.61. The van der Waals surface area contributed by atoms with Crippen molar-refractivity contribution in [2.45, 2.75) is 6.92 Å². The number of carbonyl (C=O) groups is 2. The maximum Gasteiger partial charge on any atom is 0.251 e. The molecule has 1 aliphatic rings. The van der Waals surface area contributed by atoms with E-state index >= 15 is 0 Å². The number of fused-ring (bicyclic) bond motifs is 1. The zero-order valence-corrected chi connectivity index (χ0v) is 17.8. The molecule has 4 rings (SSSR count). The minimum absolute atomic E-state index is 0.00173. The van der Waals surface area contributed by atoms with Crippen molar-refractivity contribution in [3.63, 3.8) is 0 Å². The van der Waals surface area contributed by atoms with Crippen molar-refractivity contribution < 1.29 is 14.3 Å². The molecule has 0 radical (unpaired) electrons. The summed E-state index contributed by atoms with van der Waals surface area (Å²) in [7, 11) is 1.65. The van der Waals surface area contributed by atoms with Crippen LogP contribution < -0.4 is 15.0 Å². The molecule has 0 unspecified atom stereocenters. The smallest absolute Gasteiger partial charge is 0.251 e. The van der Waals surface area contributed by atoms with Gasteiger partial charge in [0.1, 0.15) is 17.1 Å². The first kappa shape index (κ1) is 20.7. The predicted octanol–water partition coefficient (Wildman–Crippen LogP) is 2.63. The van der Waals surface area contributed by atoms with Gasteiger partial charge in [-0.05, 0) is 36.8 Å². The van der Waals surface area contributed by atoms with Crippen LogP contribution in [0.5, 0.6) is 5.75 Å². The third-order valence-electron chi connectivity index (χ3n) is 5.61. The van der Waals surface area contributed by atoms with Gasteiger partial charge in [-0.15, -0.1) is 0 Å². The number of methoxy groups -OCH3 is 1. The lowest BCUT2D eigenvalue weighted by atomic mass is 10.1. The number of pyridine rings is 1. The summed E-state index contributed by atoms with van der Waals surface area (Å²) in [6.45, 7) is 4.62. The van der Waals surface area contributed by atoms with Gasteiger partial charge in [0.2, 0.25) is 5.91 Å². The van der Waals surface area contributed by atoms with Gasteiger partial charge in [0, 0.05) is 37.1 Å². The molecule has 1 saturated heterocycles. The quantitative estimate of drug-likeness (QED) is 0.690. The number of benzene rings is 2. The van der Waals surface area contributed by atoms with Gasteiger partial charge in [-0.25, -0.2) is 4.98 Å². The molecule has 0 aliphatic carbocycles. The fourth-order valence-electron chi connectivity index (χ4n) is 3.85. The van der Waals surface area contributed by atoms with Crippen molar-refractivity contribution in [1.29, 1.82) is 0 Å². The number of hydrogen-bond acceptors (Lipinski definition) is 5. The van der Waals surface area contributed by atoms with Crippen LogP contribution in [0.1, 0.15) is 15.9 Å². The molecular formula is C24H26N4O3. The van der Waals surface area contributed by atoms with Crippen LogP contribution in [-0.2, 0) is 4.79 Å². The highest BCUT2D eigenvalue weighted by atomic mass is 16.5. The van der Waals surface area contributed by atoms with Crippen molar-refractivity contribution >= 4 is 28.5 Å². The van der Waals surface area contributed by atoms with Crippen LogP contribution in [0.15, 0.2) is 54.6 Å². The summed E-state index contributed by atoms with van der Waals surface area (Å²) < 4.78 is 5.48. The number of anilines is 1. The molecular weight excluding hydrogens is 392 g/mol. The molecule has 1 fully saturated rings. The number of amides is 2. The van der Waals surface area contributed by atoms with Gasteiger partial charge in [-0.1, -0.05) is 30.3 Å². The van der Waals surface area contributed by atoms with Crippen molar-refractivity contribution in [3.05, 3.63) is 65.7 Å². The van der Waals surface area contributed by atoms with Crippen LogP contribution in [0.25, 0.3) is 10.9 Å². The van der Waals surface area contributed by atoms with E-state index in [4.69, 9.17) is 9.72 Å². The molecule has 2 aromatic carbocycles. The molecule has 160 valence electrons. The number of carbonyl (C=O) groups excluding carboxylic acids is 2. The highest BCUT2D eigenvalue weighted by Crippen LogP contribution is 2.29. The van der Waals surface area contributed by atoms with Gasteiger partial charge in [-0.2, -0.15) is 0 Å². The number of aromatic nitrogens is 1. The summed E-state index contributed by atoms with van der Waals surface area (Å²) in [5.74, 6) is 1.33. The Morgan fingerprint density at radius 2 is 1.77 bits per heavy atom. The Labute approximate surface area is 181 Å². The summed E-state index contributed by atoms with van der Waals surface area (Å²) in [6, 6.07) is 16.9. The molecule has 31 heavy (non-hydrogen) atoms. The number of rotatable bonds is 5. The zero-order chi connectivity index (χ0) is 21.8. The molecule has 1 aromatic heterocycles. The molecule has 2 heterocycles. The molecule has 7 heteroatoms. The summed E-state index contributed by atoms with van der Waals surface area (Å²) >= 11 is 0.